The molecule has 1 aromatic heterocycles. The van der Waals surface area contributed by atoms with Crippen LogP contribution in [-0.4, -0.2) is 34.3 Å². The van der Waals surface area contributed by atoms with Crippen LogP contribution >= 0.6 is 0 Å². The second-order valence-electron chi connectivity index (χ2n) is 7.74. The molecular formula is C22H21N5O5. The molecule has 1 aliphatic rings. The minimum atomic E-state index is -0.820. The highest BCUT2D eigenvalue weighted by Gasteiger charge is 2.39. The van der Waals surface area contributed by atoms with Gasteiger partial charge < -0.3 is 9.47 Å². The van der Waals surface area contributed by atoms with Gasteiger partial charge in [0.2, 0.25) is 0 Å². The number of aryl methyl sites for hydroxylation is 2. The standard InChI is InChI=1S/C22H21N5O5/c1-12-3-6-14(7-4-12)21(29)32-17-10-19(31-18(17)11-24-26-23)27-16-8-5-13(2)9-15(16)20(28)25-22(27)30/h3-9,17-19H,10-11H2,1-2H3,(H,25,28,30)/t17-,18+,19+/m0/s1. The summed E-state index contributed by atoms with van der Waals surface area (Å²) in [5.74, 6) is -0.542. The van der Waals surface area contributed by atoms with Crippen molar-refractivity contribution >= 4 is 16.9 Å². The first-order valence-corrected chi connectivity index (χ1v) is 10.1. The number of carbonyl (C=O) groups is 1. The van der Waals surface area contributed by atoms with Crippen molar-refractivity contribution in [1.29, 1.82) is 0 Å². The van der Waals surface area contributed by atoms with Gasteiger partial charge in [-0.25, -0.2) is 9.59 Å². The Morgan fingerprint density at radius 1 is 1.22 bits per heavy atom. The van der Waals surface area contributed by atoms with Crippen LogP contribution in [0.3, 0.4) is 0 Å². The molecule has 3 aromatic rings. The van der Waals surface area contributed by atoms with Gasteiger partial charge in [-0.15, -0.1) is 0 Å². The molecule has 1 N–H and O–H groups in total. The first-order valence-electron chi connectivity index (χ1n) is 10.1. The number of carbonyl (C=O) groups excluding carboxylic acids is 1. The molecule has 1 aliphatic heterocycles. The molecule has 164 valence electrons. The predicted molar refractivity (Wildman–Crippen MR) is 116 cm³/mol. The van der Waals surface area contributed by atoms with Crippen molar-refractivity contribution in [2.24, 2.45) is 5.11 Å². The third kappa shape index (κ3) is 4.14. The first-order chi connectivity index (χ1) is 15.4. The van der Waals surface area contributed by atoms with Crippen LogP contribution in [0.5, 0.6) is 0 Å². The van der Waals surface area contributed by atoms with Crippen LogP contribution in [0.15, 0.2) is 57.2 Å². The number of hydrogen-bond donors (Lipinski definition) is 1. The number of aromatic nitrogens is 2. The van der Waals surface area contributed by atoms with Crippen molar-refractivity contribution in [2.45, 2.75) is 38.7 Å². The monoisotopic (exact) mass is 435 g/mol. The third-order valence-electron chi connectivity index (χ3n) is 5.43. The van der Waals surface area contributed by atoms with E-state index in [2.05, 4.69) is 15.0 Å². The van der Waals surface area contributed by atoms with E-state index in [1.165, 1.54) is 4.57 Å². The molecule has 0 bridgehead atoms. The predicted octanol–water partition coefficient (Wildman–Crippen LogP) is 3.13. The van der Waals surface area contributed by atoms with Gasteiger partial charge in [-0.05, 0) is 43.6 Å². The van der Waals surface area contributed by atoms with Crippen molar-refractivity contribution in [3.8, 4) is 0 Å². The second-order valence-corrected chi connectivity index (χ2v) is 7.74. The minimum absolute atomic E-state index is 0.0754. The van der Waals surface area contributed by atoms with Gasteiger partial charge in [0.15, 0.2) is 0 Å². The summed E-state index contributed by atoms with van der Waals surface area (Å²) in [5, 5.41) is 3.90. The molecule has 1 fully saturated rings. The maximum absolute atomic E-state index is 12.7. The average Bonchev–Trinajstić information content (AvgIpc) is 3.15. The van der Waals surface area contributed by atoms with E-state index in [4.69, 9.17) is 15.0 Å². The van der Waals surface area contributed by atoms with Gasteiger partial charge in [0.05, 0.1) is 23.0 Å². The molecule has 0 unspecified atom stereocenters. The molecule has 4 rings (SSSR count). The summed E-state index contributed by atoms with van der Waals surface area (Å²) in [6, 6.07) is 12.1. The van der Waals surface area contributed by atoms with Gasteiger partial charge in [0.25, 0.3) is 5.56 Å². The maximum atomic E-state index is 12.7. The fraction of sp³-hybridized carbons (Fsp3) is 0.318. The largest absolute Gasteiger partial charge is 0.456 e. The summed E-state index contributed by atoms with van der Waals surface area (Å²) in [4.78, 5) is 42.7. The number of esters is 1. The Morgan fingerprint density at radius 3 is 2.66 bits per heavy atom. The number of fused-ring (bicyclic) bond motifs is 1. The van der Waals surface area contributed by atoms with Gasteiger partial charge in [0, 0.05) is 11.3 Å². The molecule has 10 heteroatoms. The highest BCUT2D eigenvalue weighted by molar-refractivity contribution is 5.89. The molecule has 2 heterocycles. The first kappa shape index (κ1) is 21.4. The van der Waals surface area contributed by atoms with E-state index in [1.807, 2.05) is 13.8 Å². The summed E-state index contributed by atoms with van der Waals surface area (Å²) < 4.78 is 13.0. The highest BCUT2D eigenvalue weighted by Crippen LogP contribution is 2.32. The molecule has 2 aromatic carbocycles. The van der Waals surface area contributed by atoms with Crippen molar-refractivity contribution in [3.63, 3.8) is 0 Å². The summed E-state index contributed by atoms with van der Waals surface area (Å²) >= 11 is 0. The molecule has 0 amide bonds. The fourth-order valence-corrected chi connectivity index (χ4v) is 3.82. The zero-order chi connectivity index (χ0) is 22.8. The Kier molecular flexibility index (Phi) is 5.81. The molecule has 1 saturated heterocycles. The van der Waals surface area contributed by atoms with Crippen LogP contribution in [0.2, 0.25) is 0 Å². The maximum Gasteiger partial charge on any atom is 0.338 e. The zero-order valence-electron chi connectivity index (χ0n) is 17.5. The molecule has 3 atom stereocenters. The summed E-state index contributed by atoms with van der Waals surface area (Å²) in [6.45, 7) is 3.68. The Morgan fingerprint density at radius 2 is 1.94 bits per heavy atom. The van der Waals surface area contributed by atoms with Gasteiger partial charge in [-0.1, -0.05) is 34.4 Å². The molecule has 10 nitrogen and oxygen atoms in total. The van der Waals surface area contributed by atoms with Gasteiger partial charge in [0.1, 0.15) is 18.4 Å². The minimum Gasteiger partial charge on any atom is -0.456 e. The van der Waals surface area contributed by atoms with Gasteiger partial charge in [-0.2, -0.15) is 0 Å². The van der Waals surface area contributed by atoms with E-state index < -0.39 is 35.7 Å². The molecule has 0 radical (unpaired) electrons. The number of hydrogen-bond acceptors (Lipinski definition) is 6. The smallest absolute Gasteiger partial charge is 0.338 e. The average molecular weight is 435 g/mol. The van der Waals surface area contributed by atoms with Crippen molar-refractivity contribution in [2.75, 3.05) is 6.54 Å². The Balaban J connectivity index is 1.67. The van der Waals surface area contributed by atoms with Crippen molar-refractivity contribution in [1.82, 2.24) is 9.55 Å². The van der Waals surface area contributed by atoms with Crippen molar-refractivity contribution in [3.05, 3.63) is 90.4 Å². The number of nitrogens with zero attached hydrogens (tertiary/aromatic N) is 4. The summed E-state index contributed by atoms with van der Waals surface area (Å²) in [7, 11) is 0. The number of ether oxygens (including phenoxy) is 2. The molecule has 0 aliphatic carbocycles. The highest BCUT2D eigenvalue weighted by atomic mass is 16.6. The number of benzene rings is 2. The van der Waals surface area contributed by atoms with Crippen LogP contribution in [0.1, 0.15) is 34.1 Å². The number of azide groups is 1. The molecule has 32 heavy (non-hydrogen) atoms. The van der Waals surface area contributed by atoms with E-state index in [1.54, 1.807) is 42.5 Å². The van der Waals surface area contributed by atoms with E-state index in [9.17, 15) is 14.4 Å². The number of nitrogens with one attached hydrogen (secondary N) is 1. The lowest BCUT2D eigenvalue weighted by Gasteiger charge is -2.17. The quantitative estimate of drug-likeness (QED) is 0.284. The normalized spacial score (nSPS) is 20.1. The van der Waals surface area contributed by atoms with Crippen LogP contribution in [0.25, 0.3) is 21.3 Å². The molecular weight excluding hydrogens is 414 g/mol. The number of H-pyrrole nitrogens is 1. The summed E-state index contributed by atoms with van der Waals surface area (Å²) in [6.07, 6.45) is -2.17. The Labute approximate surface area is 182 Å². The number of rotatable bonds is 5. The van der Waals surface area contributed by atoms with Gasteiger partial charge >= 0.3 is 11.7 Å². The van der Waals surface area contributed by atoms with Crippen molar-refractivity contribution < 1.29 is 14.3 Å². The van der Waals surface area contributed by atoms with Crippen LogP contribution in [-0.2, 0) is 9.47 Å². The van der Waals surface area contributed by atoms with Gasteiger partial charge in [-0.3, -0.25) is 14.3 Å². The molecule has 0 spiro atoms. The third-order valence-corrected chi connectivity index (χ3v) is 5.43. The SMILES string of the molecule is Cc1ccc(C(=O)O[C@H]2C[C@H](n3c(=O)[nH]c(=O)c4cc(C)ccc43)O[C@@H]2CN=[N+]=[N-])cc1. The van der Waals surface area contributed by atoms with E-state index >= 15 is 0 Å². The van der Waals surface area contributed by atoms with E-state index in [0.717, 1.165) is 11.1 Å². The fourth-order valence-electron chi connectivity index (χ4n) is 3.82. The van der Waals surface area contributed by atoms with Crippen LogP contribution in [0, 0.1) is 13.8 Å². The number of aromatic amines is 1. The Hall–Kier alpha value is -3.88. The van der Waals surface area contributed by atoms with Crippen LogP contribution < -0.4 is 11.2 Å². The molecule has 0 saturated carbocycles. The second kappa shape index (κ2) is 8.70. The zero-order valence-corrected chi connectivity index (χ0v) is 17.5. The van der Waals surface area contributed by atoms with Crippen LogP contribution in [0.4, 0.5) is 0 Å². The lowest BCUT2D eigenvalue weighted by Crippen LogP contribution is -2.33. The lowest BCUT2D eigenvalue weighted by molar-refractivity contribution is -0.0236. The lowest BCUT2D eigenvalue weighted by atomic mass is 10.1. The summed E-state index contributed by atoms with van der Waals surface area (Å²) in [5.41, 5.74) is 10.3. The van der Waals surface area contributed by atoms with E-state index in [0.29, 0.717) is 16.5 Å². The Bertz CT molecular complexity index is 1340. The topological polar surface area (TPSA) is 139 Å². The van der Waals surface area contributed by atoms with E-state index in [-0.39, 0.29) is 13.0 Å².